The van der Waals surface area contributed by atoms with Crippen molar-refractivity contribution in [3.05, 3.63) is 146 Å². The SMILES string of the molecule is CB(O)NN.CB(O)NN=C1CCOCC1.CB(O)NNC1CCOCC1.Clc1nc(Cl)c2cnn(C3CCOCC3)c2n1.FC(F)c1nc2ccccc2[nH]1.FC(F)c1nc2ccccc2n1-c1nc(Cl)nc2c1cnn2C1CCOCC1.FC(F)c1nc2ccccc2n1-c1nc(N2CCOCC2)nc2c1cnn2C1CCOCC1.NNC1CCOCC1.O=C1CCOCC1.O=Cc1c(Cl)nc(Cl)nc1Cl. The lowest BCUT2D eigenvalue weighted by molar-refractivity contribution is -0.124. The van der Waals surface area contributed by atoms with E-state index in [0.717, 1.165) is 141 Å². The summed E-state index contributed by atoms with van der Waals surface area (Å²) >= 11 is 34.3. The van der Waals surface area contributed by atoms with Crippen LogP contribution in [0.2, 0.25) is 51.8 Å². The summed E-state index contributed by atoms with van der Waals surface area (Å²) in [6, 6.07) is 22.4. The van der Waals surface area contributed by atoms with Gasteiger partial charge in [-0.1, -0.05) is 71.2 Å². The molecule has 8 aliphatic heterocycles. The maximum absolute atomic E-state index is 14.1. The quantitative estimate of drug-likeness (QED) is 0.00767. The number of aromatic amines is 1. The number of hydrogen-bond acceptors (Lipinski definition) is 36. The predicted octanol–water partition coefficient (Wildman–Crippen LogP) is 12.4. The summed E-state index contributed by atoms with van der Waals surface area (Å²) in [6.45, 7) is 17.5. The largest absolute Gasteiger partial charge is 0.437 e. The molecule has 13 N–H and O–H groups in total. The summed E-state index contributed by atoms with van der Waals surface area (Å²) < 4.78 is 130. The van der Waals surface area contributed by atoms with E-state index in [1.807, 2.05) is 20.3 Å². The summed E-state index contributed by atoms with van der Waals surface area (Å²) in [6.07, 6.45) is 9.57. The Morgan fingerprint density at radius 1 is 0.455 bits per heavy atom. The molecule has 0 radical (unpaired) electrons. The van der Waals surface area contributed by atoms with Gasteiger partial charge in [0.15, 0.2) is 52.3 Å². The first kappa shape index (κ1) is 112. The number of ether oxygens (including phenoxy) is 8. The van der Waals surface area contributed by atoms with Crippen LogP contribution in [0.3, 0.4) is 0 Å². The third-order valence-electron chi connectivity index (χ3n) is 22.6. The Morgan fingerprint density at radius 3 is 1.28 bits per heavy atom. The maximum atomic E-state index is 14.1. The minimum absolute atomic E-state index is 0.0330. The standard InChI is InChI=1S/C22H23F2N7O2.C18H15ClF2N6O.C10H10Cl2N4O.C8H6F2N2.C6H15BN2O2.C6H13BN2O2.C5HCl3N2O.C5H12N2O.C5H8O2.CH7BN2O/c23-18(24)21-26-16-3-1-2-4-17(16)30(21)19-15-13-25-31(14-5-9-32-10-6-14)20(15)28-22(27-19)29-7-11-33-12-8-29;19-18-24-15(26-13-4-2-1-3-12(13)23-17(26)14(20)21)11-9-22-27(16(11)25-18)10-5-7-28-8-6-10;11-8-7-5-13-16(6-1-3-17-4-2-6)9(7)15-10(12)14-8;9-7(10)8-11-5-3-1-2-4-6(5)12-8;2*1-7(10)9-8-6-2-4-11-5-3-6;6-3-2(1-11)4(7)10-5(8)9-3;6-7-5-1-3-8-4-2-5;6-5-1-3-7-4-2-5;1-2(5)4-3/h1-4,13-14,18H,5-12H2;1-4,9-10,14H,5-8H2;5-6H,1-4H2;1-4,7H,(H,11,12);6,8-10H,2-5H2,1H3;9-10H,2-5H2,1H3;1H;5,7H,1-4,6H2;1-4H2;4-5H,3H2,1H3. The number of hydrazine groups is 3. The number of H-pyrrole nitrogens is 1. The second-order valence-corrected chi connectivity index (χ2v) is 34.9. The van der Waals surface area contributed by atoms with E-state index < -0.39 is 46.3 Å². The zero-order chi connectivity index (χ0) is 102. The Hall–Kier alpha value is -9.76. The topological polar surface area (TPSA) is 517 Å². The molecule has 0 bridgehead atoms. The highest BCUT2D eigenvalue weighted by Crippen LogP contribution is 2.38. The fourth-order valence-corrected chi connectivity index (χ4v) is 16.6. The minimum atomic E-state index is -2.78. The Labute approximate surface area is 847 Å². The Bertz CT molecular complexity index is 6130. The highest BCUT2D eigenvalue weighted by molar-refractivity contribution is 6.46. The number of nitrogens with one attached hydrogen (secondary N) is 6. The summed E-state index contributed by atoms with van der Waals surface area (Å²) in [5.74, 6) is 10.3. The highest BCUT2D eigenvalue weighted by atomic mass is 35.5. The van der Waals surface area contributed by atoms with E-state index in [0.29, 0.717) is 187 Å². The number of fused-ring (bicyclic) bond motifs is 6. The molecule has 143 heavy (non-hydrogen) atoms. The monoisotopic (exact) mass is 2110 g/mol. The first-order chi connectivity index (χ1) is 69.2. The van der Waals surface area contributed by atoms with Crippen LogP contribution >= 0.6 is 69.6 Å². The van der Waals surface area contributed by atoms with Gasteiger partial charge < -0.3 is 68.2 Å². The number of Topliss-reactive ketones (excluding diaryl/α,β-unsaturated/α-hetero) is 1. The van der Waals surface area contributed by atoms with Gasteiger partial charge in [0.25, 0.3) is 19.3 Å². The molecular weight excluding hydrogens is 2010 g/mol. The van der Waals surface area contributed by atoms with Crippen LogP contribution in [-0.4, -0.2) is 283 Å². The molecule has 8 aliphatic rings. The van der Waals surface area contributed by atoms with Gasteiger partial charge in [-0.15, -0.1) is 0 Å². The lowest BCUT2D eigenvalue weighted by atomic mass is 9.91. The fourth-order valence-electron chi connectivity index (χ4n) is 15.3. The number of aromatic nitrogens is 20. The number of hydrazone groups is 1. The van der Waals surface area contributed by atoms with Gasteiger partial charge >= 0.3 is 21.2 Å². The molecule has 8 saturated heterocycles. The van der Waals surface area contributed by atoms with Gasteiger partial charge in [0.1, 0.15) is 21.2 Å². The summed E-state index contributed by atoms with van der Waals surface area (Å²) in [4.78, 5) is 70.6. The number of morpholine rings is 1. The molecule has 0 amide bonds. The van der Waals surface area contributed by atoms with Crippen molar-refractivity contribution in [3.8, 4) is 11.6 Å². The van der Waals surface area contributed by atoms with Crippen molar-refractivity contribution in [1.29, 1.82) is 0 Å². The van der Waals surface area contributed by atoms with Crippen molar-refractivity contribution in [3.63, 3.8) is 0 Å². The van der Waals surface area contributed by atoms with Gasteiger partial charge in [-0.25, -0.2) is 75.4 Å². The number of carbonyl (C=O) groups excluding carboxylic acids is 2. The number of imidazole rings is 3. The number of ketones is 1. The molecular formula is C86H110B3Cl6F6N29O13. The normalized spacial score (nSPS) is 16.7. The number of hydrogen-bond donors (Lipinski definition) is 11. The molecule has 10 aromatic heterocycles. The van der Waals surface area contributed by atoms with Crippen molar-refractivity contribution >= 4 is 181 Å². The van der Waals surface area contributed by atoms with Gasteiger partial charge in [0.05, 0.1) is 131 Å². The van der Waals surface area contributed by atoms with Crippen LogP contribution in [0.5, 0.6) is 0 Å². The van der Waals surface area contributed by atoms with Crippen LogP contribution in [0, 0.1) is 0 Å². The lowest BCUT2D eigenvalue weighted by Gasteiger charge is -2.28. The number of alkyl halides is 6. The summed E-state index contributed by atoms with van der Waals surface area (Å²) in [5.41, 5.74) is 12.0. The van der Waals surface area contributed by atoms with Gasteiger partial charge in [-0.2, -0.15) is 40.2 Å². The van der Waals surface area contributed by atoms with Gasteiger partial charge in [-0.05, 0) is 156 Å². The average Bonchev–Trinajstić information content (AvgIpc) is 1.60. The minimum Gasteiger partial charge on any atom is -0.437 e. The lowest BCUT2D eigenvalue weighted by Crippen LogP contribution is -2.49. The van der Waals surface area contributed by atoms with E-state index >= 15 is 0 Å². The van der Waals surface area contributed by atoms with E-state index in [9.17, 15) is 35.9 Å². The third-order valence-corrected chi connectivity index (χ3v) is 24.0. The molecule has 770 valence electrons. The number of halogens is 12. The zero-order valence-corrected chi connectivity index (χ0v) is 82.8. The number of nitrogens with zero attached hydrogens (tertiary/aromatic N) is 21. The molecule has 57 heteroatoms. The van der Waals surface area contributed by atoms with Gasteiger partial charge in [-0.3, -0.25) is 51.9 Å². The van der Waals surface area contributed by atoms with Crippen molar-refractivity contribution in [2.75, 3.05) is 124 Å². The van der Waals surface area contributed by atoms with Crippen LogP contribution in [0.1, 0.15) is 155 Å². The van der Waals surface area contributed by atoms with E-state index in [4.69, 9.17) is 138 Å². The smallest absolute Gasteiger partial charge is 0.423 e. The molecule has 0 saturated carbocycles. The van der Waals surface area contributed by atoms with Crippen LogP contribution < -0.4 is 43.4 Å². The predicted molar refractivity (Wildman–Crippen MR) is 530 cm³/mol. The Balaban J connectivity index is 0.000000150. The number of rotatable bonds is 17. The molecule has 8 fully saturated rings. The molecule has 13 aromatic rings. The average molecular weight is 2120 g/mol. The van der Waals surface area contributed by atoms with Crippen molar-refractivity contribution in [2.24, 2.45) is 16.8 Å². The number of carbonyl (C=O) groups is 2. The molecule has 18 heterocycles. The van der Waals surface area contributed by atoms with Gasteiger partial charge in [0.2, 0.25) is 21.8 Å². The molecule has 0 atom stereocenters. The molecule has 0 spiro atoms. The first-order valence-electron chi connectivity index (χ1n) is 46.2. The van der Waals surface area contributed by atoms with Crippen molar-refractivity contribution < 1.29 is 88.9 Å². The first-order valence-corrected chi connectivity index (χ1v) is 48.4. The van der Waals surface area contributed by atoms with Crippen LogP contribution in [-0.2, 0) is 42.7 Å². The Morgan fingerprint density at radius 2 is 0.853 bits per heavy atom. The number of aldehydes is 1. The molecule has 42 nitrogen and oxygen atoms in total. The Kier molecular flexibility index (Phi) is 44.9. The highest BCUT2D eigenvalue weighted by Gasteiger charge is 2.32. The van der Waals surface area contributed by atoms with Crippen LogP contribution in [0.4, 0.5) is 32.3 Å². The maximum Gasteiger partial charge on any atom is 0.423 e. The molecule has 3 aromatic carbocycles. The molecule has 21 rings (SSSR count). The van der Waals surface area contributed by atoms with E-state index in [1.54, 1.807) is 110 Å². The summed E-state index contributed by atoms with van der Waals surface area (Å²) in [7, 11) is -1.64. The van der Waals surface area contributed by atoms with Crippen molar-refractivity contribution in [2.45, 2.75) is 160 Å². The van der Waals surface area contributed by atoms with Crippen molar-refractivity contribution in [1.82, 2.24) is 125 Å². The second-order valence-electron chi connectivity index (χ2n) is 32.8. The number of nitrogens with two attached hydrogens (primary N) is 2. The number of para-hydroxylation sites is 6. The fraction of sp³-hybridized carbons (Fsp3) is 0.500. The second kappa shape index (κ2) is 57.4. The summed E-state index contributed by atoms with van der Waals surface area (Å²) in [5, 5.41) is 52.9. The third kappa shape index (κ3) is 32.6. The van der Waals surface area contributed by atoms with Crippen LogP contribution in [0.25, 0.3) is 77.8 Å². The van der Waals surface area contributed by atoms with Crippen LogP contribution in [0.15, 0.2) is 96.5 Å². The van der Waals surface area contributed by atoms with E-state index in [-0.39, 0.29) is 61.3 Å². The number of anilines is 1. The molecule has 0 unspecified atom stereocenters. The van der Waals surface area contributed by atoms with E-state index in [2.05, 4.69) is 103 Å². The zero-order valence-electron chi connectivity index (χ0n) is 78.2. The van der Waals surface area contributed by atoms with Gasteiger partial charge in [0, 0.05) is 123 Å². The molecule has 0 aliphatic carbocycles. The number of benzene rings is 3. The van der Waals surface area contributed by atoms with E-state index in [1.165, 1.54) is 9.13 Å².